The minimum Gasteiger partial charge on any atom is -0.409 e. The van der Waals surface area contributed by atoms with Gasteiger partial charge in [-0.05, 0) is 6.42 Å². The molecule has 0 saturated carbocycles. The molecule has 8 heavy (non-hydrogen) atoms. The monoisotopic (exact) mass is 132 g/mol. The molecule has 0 radical (unpaired) electrons. The SMILES string of the molecule is ON=C1CCCN1S. The topological polar surface area (TPSA) is 35.8 Å². The van der Waals surface area contributed by atoms with E-state index in [0.717, 1.165) is 19.4 Å². The fourth-order valence-corrected chi connectivity index (χ4v) is 1.03. The lowest BCUT2D eigenvalue weighted by Gasteiger charge is -2.05. The van der Waals surface area contributed by atoms with Crippen LogP contribution >= 0.6 is 12.8 Å². The van der Waals surface area contributed by atoms with Crippen molar-refractivity contribution >= 4 is 18.7 Å². The van der Waals surface area contributed by atoms with Crippen LogP contribution in [0.15, 0.2) is 5.16 Å². The van der Waals surface area contributed by atoms with Crippen molar-refractivity contribution in [2.24, 2.45) is 5.16 Å². The van der Waals surface area contributed by atoms with Crippen LogP contribution in [0.1, 0.15) is 12.8 Å². The van der Waals surface area contributed by atoms with Crippen molar-refractivity contribution < 1.29 is 5.21 Å². The lowest BCUT2D eigenvalue weighted by molar-refractivity contribution is 0.313. The smallest absolute Gasteiger partial charge is 0.154 e. The Kier molecular flexibility index (Phi) is 1.62. The first-order chi connectivity index (χ1) is 3.84. The van der Waals surface area contributed by atoms with Gasteiger partial charge in [-0.25, -0.2) is 0 Å². The van der Waals surface area contributed by atoms with E-state index in [2.05, 4.69) is 18.0 Å². The van der Waals surface area contributed by atoms with Crippen molar-refractivity contribution in [1.82, 2.24) is 4.31 Å². The number of thiol groups is 1. The van der Waals surface area contributed by atoms with Crippen LogP contribution in [0.2, 0.25) is 0 Å². The maximum absolute atomic E-state index is 8.23. The second-order valence-electron chi connectivity index (χ2n) is 1.74. The van der Waals surface area contributed by atoms with E-state index in [1.54, 1.807) is 4.31 Å². The van der Waals surface area contributed by atoms with Gasteiger partial charge in [-0.15, -0.1) is 0 Å². The Balaban J connectivity index is 2.55. The Hall–Kier alpha value is -0.380. The Morgan fingerprint density at radius 1 is 1.75 bits per heavy atom. The van der Waals surface area contributed by atoms with Crippen LogP contribution in [0.4, 0.5) is 0 Å². The Labute approximate surface area is 53.5 Å². The van der Waals surface area contributed by atoms with Crippen LogP contribution in [0, 0.1) is 0 Å². The molecule has 1 aliphatic heterocycles. The van der Waals surface area contributed by atoms with E-state index in [1.165, 1.54) is 0 Å². The van der Waals surface area contributed by atoms with Crippen molar-refractivity contribution in [2.45, 2.75) is 12.8 Å². The second kappa shape index (κ2) is 2.26. The summed E-state index contributed by atoms with van der Waals surface area (Å²) in [6.07, 6.45) is 1.89. The summed E-state index contributed by atoms with van der Waals surface area (Å²) >= 11 is 4.01. The highest BCUT2D eigenvalue weighted by Gasteiger charge is 2.14. The number of rotatable bonds is 0. The minimum absolute atomic E-state index is 0.674. The summed E-state index contributed by atoms with van der Waals surface area (Å²) < 4.78 is 1.65. The maximum Gasteiger partial charge on any atom is 0.154 e. The predicted molar refractivity (Wildman–Crippen MR) is 34.1 cm³/mol. The van der Waals surface area contributed by atoms with Gasteiger partial charge in [-0.1, -0.05) is 18.0 Å². The fraction of sp³-hybridized carbons (Fsp3) is 0.750. The molecule has 1 heterocycles. The predicted octanol–water partition coefficient (Wildman–Crippen LogP) is 0.715. The average Bonchev–Trinajstić information content (AvgIpc) is 2.14. The molecule has 0 aliphatic carbocycles. The molecule has 0 amide bonds. The van der Waals surface area contributed by atoms with Crippen molar-refractivity contribution in [3.05, 3.63) is 0 Å². The quantitative estimate of drug-likeness (QED) is 0.289. The Morgan fingerprint density at radius 2 is 2.50 bits per heavy atom. The molecule has 0 aromatic rings. The third kappa shape index (κ3) is 0.888. The molecule has 0 aromatic carbocycles. The standard InChI is InChI=1S/C4H8N2OS/c7-5-4-2-1-3-6(4)8/h7-8H,1-3H2. The van der Waals surface area contributed by atoms with Crippen LogP contribution in [0.25, 0.3) is 0 Å². The molecule has 1 saturated heterocycles. The maximum atomic E-state index is 8.23. The second-order valence-corrected chi connectivity index (χ2v) is 2.23. The molecule has 0 spiro atoms. The summed E-state index contributed by atoms with van der Waals surface area (Å²) in [7, 11) is 0. The summed E-state index contributed by atoms with van der Waals surface area (Å²) in [5.41, 5.74) is 0. The zero-order chi connectivity index (χ0) is 5.98. The van der Waals surface area contributed by atoms with Crippen LogP contribution in [-0.4, -0.2) is 21.9 Å². The van der Waals surface area contributed by atoms with Crippen LogP contribution in [0.5, 0.6) is 0 Å². The molecule has 3 nitrogen and oxygen atoms in total. The first-order valence-corrected chi connectivity index (χ1v) is 2.92. The molecule has 1 fully saturated rings. The lowest BCUT2D eigenvalue weighted by atomic mass is 10.4. The van der Waals surface area contributed by atoms with Gasteiger partial charge < -0.3 is 9.51 Å². The highest BCUT2D eigenvalue weighted by Crippen LogP contribution is 2.12. The van der Waals surface area contributed by atoms with Gasteiger partial charge in [0.2, 0.25) is 0 Å². The Bertz CT molecular complexity index is 115. The summed E-state index contributed by atoms with van der Waals surface area (Å²) in [6, 6.07) is 0. The van der Waals surface area contributed by atoms with E-state index in [-0.39, 0.29) is 0 Å². The average molecular weight is 132 g/mol. The molecule has 0 aromatic heterocycles. The molecule has 0 unspecified atom stereocenters. The van der Waals surface area contributed by atoms with Crippen molar-refractivity contribution in [2.75, 3.05) is 6.54 Å². The van der Waals surface area contributed by atoms with Gasteiger partial charge in [-0.2, -0.15) is 0 Å². The Morgan fingerprint density at radius 3 is 2.75 bits per heavy atom. The van der Waals surface area contributed by atoms with Gasteiger partial charge in [0.1, 0.15) is 0 Å². The molecule has 0 atom stereocenters. The molecule has 4 heteroatoms. The molecular formula is C4H8N2OS. The van der Waals surface area contributed by atoms with Crippen molar-refractivity contribution in [3.63, 3.8) is 0 Å². The van der Waals surface area contributed by atoms with Crippen LogP contribution in [0.3, 0.4) is 0 Å². The molecule has 1 rings (SSSR count). The summed E-state index contributed by atoms with van der Waals surface area (Å²) in [6.45, 7) is 0.891. The van der Waals surface area contributed by atoms with Crippen LogP contribution < -0.4 is 0 Å². The van der Waals surface area contributed by atoms with Gasteiger partial charge in [0, 0.05) is 13.0 Å². The van der Waals surface area contributed by atoms with E-state index in [0.29, 0.717) is 5.84 Å². The third-order valence-corrected chi connectivity index (χ3v) is 1.61. The van der Waals surface area contributed by atoms with Crippen molar-refractivity contribution in [3.8, 4) is 0 Å². The van der Waals surface area contributed by atoms with Gasteiger partial charge >= 0.3 is 0 Å². The van der Waals surface area contributed by atoms with E-state index >= 15 is 0 Å². The molecular weight excluding hydrogens is 124 g/mol. The number of hydrogen-bond donors (Lipinski definition) is 2. The molecule has 46 valence electrons. The number of amidine groups is 1. The van der Waals surface area contributed by atoms with Gasteiger partial charge in [0.25, 0.3) is 0 Å². The minimum atomic E-state index is 0.674. The van der Waals surface area contributed by atoms with E-state index in [9.17, 15) is 0 Å². The van der Waals surface area contributed by atoms with E-state index < -0.39 is 0 Å². The fourth-order valence-electron chi connectivity index (χ4n) is 0.747. The zero-order valence-corrected chi connectivity index (χ0v) is 5.30. The lowest BCUT2D eigenvalue weighted by Crippen LogP contribution is -2.12. The van der Waals surface area contributed by atoms with Crippen LogP contribution in [-0.2, 0) is 0 Å². The normalized spacial score (nSPS) is 25.1. The van der Waals surface area contributed by atoms with E-state index in [4.69, 9.17) is 5.21 Å². The number of hydrogen-bond acceptors (Lipinski definition) is 3. The largest absolute Gasteiger partial charge is 0.409 e. The number of nitrogens with zero attached hydrogens (tertiary/aromatic N) is 2. The zero-order valence-electron chi connectivity index (χ0n) is 4.41. The molecule has 1 aliphatic rings. The summed E-state index contributed by atoms with van der Waals surface area (Å²) in [4.78, 5) is 0. The third-order valence-electron chi connectivity index (χ3n) is 1.18. The molecule has 0 bridgehead atoms. The van der Waals surface area contributed by atoms with E-state index in [1.807, 2.05) is 0 Å². The van der Waals surface area contributed by atoms with Crippen molar-refractivity contribution in [1.29, 1.82) is 0 Å². The van der Waals surface area contributed by atoms with Gasteiger partial charge in [0.05, 0.1) is 0 Å². The summed E-state index contributed by atoms with van der Waals surface area (Å²) in [5.74, 6) is 0.674. The highest BCUT2D eigenvalue weighted by atomic mass is 32.1. The first kappa shape index (κ1) is 5.75. The first-order valence-electron chi connectivity index (χ1n) is 2.52. The number of oxime groups is 1. The van der Waals surface area contributed by atoms with Gasteiger partial charge in [-0.3, -0.25) is 0 Å². The highest BCUT2D eigenvalue weighted by molar-refractivity contribution is 7.78. The van der Waals surface area contributed by atoms with Gasteiger partial charge in [0.15, 0.2) is 5.84 Å². The molecule has 1 N–H and O–H groups in total. The summed E-state index contributed by atoms with van der Waals surface area (Å²) in [5, 5.41) is 11.3.